The van der Waals surface area contributed by atoms with Crippen molar-refractivity contribution in [2.24, 2.45) is 5.73 Å². The Balaban J connectivity index is 2.77. The summed E-state index contributed by atoms with van der Waals surface area (Å²) in [7, 11) is 0. The van der Waals surface area contributed by atoms with Gasteiger partial charge in [0.25, 0.3) is 0 Å². The second-order valence-electron chi connectivity index (χ2n) is 4.69. The van der Waals surface area contributed by atoms with Gasteiger partial charge in [-0.15, -0.1) is 11.8 Å². The van der Waals surface area contributed by atoms with Crippen molar-refractivity contribution in [3.63, 3.8) is 0 Å². The van der Waals surface area contributed by atoms with Crippen LogP contribution in [0.25, 0.3) is 0 Å². The standard InChI is InChI=1S/C13H17F2NO3S/c1-13(2,10(16)11(17)18)20-7-8-5-3-4-6-9(8)19-12(14)15/h3-6,10,12H,7,16H2,1-2H3,(H,17,18)/t10-/m0/s1. The van der Waals surface area contributed by atoms with Gasteiger partial charge in [-0.1, -0.05) is 18.2 Å². The van der Waals surface area contributed by atoms with E-state index in [9.17, 15) is 13.6 Å². The van der Waals surface area contributed by atoms with E-state index in [1.807, 2.05) is 0 Å². The molecule has 0 amide bonds. The largest absolute Gasteiger partial charge is 0.480 e. The lowest BCUT2D eigenvalue weighted by Crippen LogP contribution is -2.46. The second-order valence-corrected chi connectivity index (χ2v) is 6.32. The molecule has 0 aliphatic carbocycles. The number of ether oxygens (including phenoxy) is 1. The molecule has 0 fully saturated rings. The number of carbonyl (C=O) groups is 1. The Bertz CT molecular complexity index is 469. The molecule has 0 aliphatic rings. The summed E-state index contributed by atoms with van der Waals surface area (Å²) in [5, 5.41) is 8.93. The Kier molecular flexibility index (Phi) is 5.76. The molecule has 3 N–H and O–H groups in total. The lowest BCUT2D eigenvalue weighted by Gasteiger charge is -2.28. The van der Waals surface area contributed by atoms with Crippen LogP contribution in [0.5, 0.6) is 5.75 Å². The van der Waals surface area contributed by atoms with Crippen LogP contribution in [-0.4, -0.2) is 28.5 Å². The third kappa shape index (κ3) is 4.64. The molecule has 1 atom stereocenters. The lowest BCUT2D eigenvalue weighted by atomic mass is 10.1. The van der Waals surface area contributed by atoms with Gasteiger partial charge in [0, 0.05) is 16.1 Å². The number of halogens is 2. The summed E-state index contributed by atoms with van der Waals surface area (Å²) in [5.41, 5.74) is 6.18. The smallest absolute Gasteiger partial charge is 0.387 e. The van der Waals surface area contributed by atoms with Crippen molar-refractivity contribution < 1.29 is 23.4 Å². The van der Waals surface area contributed by atoms with Gasteiger partial charge in [-0.3, -0.25) is 4.79 Å². The highest BCUT2D eigenvalue weighted by atomic mass is 32.2. The van der Waals surface area contributed by atoms with Crippen LogP contribution in [0.4, 0.5) is 8.78 Å². The van der Waals surface area contributed by atoms with E-state index in [0.29, 0.717) is 11.3 Å². The van der Waals surface area contributed by atoms with Crippen molar-refractivity contribution in [2.75, 3.05) is 0 Å². The van der Waals surface area contributed by atoms with Crippen molar-refractivity contribution in [3.05, 3.63) is 29.8 Å². The number of rotatable bonds is 7. The van der Waals surface area contributed by atoms with Gasteiger partial charge >= 0.3 is 12.6 Å². The molecule has 1 aromatic rings. The number of alkyl halides is 2. The molecule has 112 valence electrons. The van der Waals surface area contributed by atoms with E-state index >= 15 is 0 Å². The maximum atomic E-state index is 12.3. The summed E-state index contributed by atoms with van der Waals surface area (Å²) in [6.45, 7) is 0.510. The predicted octanol–water partition coefficient (Wildman–Crippen LogP) is 2.71. The minimum atomic E-state index is -2.89. The van der Waals surface area contributed by atoms with E-state index in [2.05, 4.69) is 4.74 Å². The molecular weight excluding hydrogens is 288 g/mol. The molecule has 0 radical (unpaired) electrons. The SMILES string of the molecule is CC(C)(SCc1ccccc1OC(F)F)[C@@H](N)C(=O)O. The van der Waals surface area contributed by atoms with Crippen LogP contribution in [0, 0.1) is 0 Å². The maximum absolute atomic E-state index is 12.3. The van der Waals surface area contributed by atoms with Gasteiger partial charge in [0.2, 0.25) is 0 Å². The van der Waals surface area contributed by atoms with E-state index < -0.39 is 23.4 Å². The van der Waals surface area contributed by atoms with Gasteiger partial charge in [0.1, 0.15) is 11.8 Å². The molecule has 0 heterocycles. The van der Waals surface area contributed by atoms with Crippen molar-refractivity contribution in [1.29, 1.82) is 0 Å². The summed E-state index contributed by atoms with van der Waals surface area (Å²) in [5.74, 6) is -0.675. The Morgan fingerprint density at radius 3 is 2.60 bits per heavy atom. The summed E-state index contributed by atoms with van der Waals surface area (Å²) in [6.07, 6.45) is 0. The minimum Gasteiger partial charge on any atom is -0.480 e. The Morgan fingerprint density at radius 1 is 1.45 bits per heavy atom. The molecule has 0 saturated heterocycles. The number of hydrogen-bond donors (Lipinski definition) is 2. The van der Waals surface area contributed by atoms with Crippen LogP contribution in [0.15, 0.2) is 24.3 Å². The third-order valence-corrected chi connectivity index (χ3v) is 4.26. The number of benzene rings is 1. The zero-order valence-electron chi connectivity index (χ0n) is 11.2. The predicted molar refractivity (Wildman–Crippen MR) is 74.1 cm³/mol. The highest BCUT2D eigenvalue weighted by molar-refractivity contribution is 7.99. The Hall–Kier alpha value is -1.34. The molecule has 4 nitrogen and oxygen atoms in total. The molecule has 0 aliphatic heterocycles. The summed E-state index contributed by atoms with van der Waals surface area (Å²) in [6, 6.07) is 5.37. The fourth-order valence-corrected chi connectivity index (χ4v) is 2.53. The summed E-state index contributed by atoms with van der Waals surface area (Å²) in [4.78, 5) is 10.9. The normalized spacial score (nSPS) is 13.3. The van der Waals surface area contributed by atoms with Crippen LogP contribution in [0.1, 0.15) is 19.4 Å². The van der Waals surface area contributed by atoms with Gasteiger partial charge in [0.05, 0.1) is 0 Å². The second kappa shape index (κ2) is 6.90. The Morgan fingerprint density at radius 2 is 2.05 bits per heavy atom. The van der Waals surface area contributed by atoms with Gasteiger partial charge in [-0.25, -0.2) is 0 Å². The van der Waals surface area contributed by atoms with Crippen molar-refractivity contribution in [1.82, 2.24) is 0 Å². The zero-order valence-corrected chi connectivity index (χ0v) is 12.0. The quantitative estimate of drug-likeness (QED) is 0.810. The summed E-state index contributed by atoms with van der Waals surface area (Å²) < 4.78 is 28.3. The molecule has 0 bridgehead atoms. The fourth-order valence-electron chi connectivity index (χ4n) is 1.48. The first-order valence-electron chi connectivity index (χ1n) is 5.89. The zero-order chi connectivity index (χ0) is 15.3. The molecule has 0 saturated carbocycles. The molecule has 0 unspecified atom stereocenters. The highest BCUT2D eigenvalue weighted by Crippen LogP contribution is 2.33. The van der Waals surface area contributed by atoms with Crippen LogP contribution >= 0.6 is 11.8 Å². The third-order valence-electron chi connectivity index (χ3n) is 2.80. The number of nitrogens with two attached hydrogens (primary N) is 1. The summed E-state index contributed by atoms with van der Waals surface area (Å²) >= 11 is 1.28. The molecule has 1 rings (SSSR count). The van der Waals surface area contributed by atoms with Crippen molar-refractivity contribution >= 4 is 17.7 Å². The van der Waals surface area contributed by atoms with Crippen LogP contribution < -0.4 is 10.5 Å². The lowest BCUT2D eigenvalue weighted by molar-refractivity contribution is -0.139. The van der Waals surface area contributed by atoms with Crippen molar-refractivity contribution in [2.45, 2.75) is 37.0 Å². The number of para-hydroxylation sites is 1. The van der Waals surface area contributed by atoms with E-state index in [4.69, 9.17) is 10.8 Å². The Labute approximate surface area is 120 Å². The van der Waals surface area contributed by atoms with Crippen molar-refractivity contribution in [3.8, 4) is 5.75 Å². The molecular formula is C13H17F2NO3S. The maximum Gasteiger partial charge on any atom is 0.387 e. The molecule has 1 aromatic carbocycles. The number of hydrogen-bond acceptors (Lipinski definition) is 4. The van der Waals surface area contributed by atoms with Gasteiger partial charge < -0.3 is 15.6 Å². The van der Waals surface area contributed by atoms with Crippen LogP contribution in [-0.2, 0) is 10.5 Å². The molecule has 20 heavy (non-hydrogen) atoms. The van der Waals surface area contributed by atoms with Gasteiger partial charge in [-0.2, -0.15) is 8.78 Å². The average Bonchev–Trinajstić information content (AvgIpc) is 2.36. The highest BCUT2D eigenvalue weighted by Gasteiger charge is 2.32. The van der Waals surface area contributed by atoms with E-state index in [1.165, 1.54) is 17.8 Å². The van der Waals surface area contributed by atoms with E-state index in [1.54, 1.807) is 32.0 Å². The molecule has 0 spiro atoms. The van der Waals surface area contributed by atoms with Crippen LogP contribution in [0.3, 0.4) is 0 Å². The first-order valence-corrected chi connectivity index (χ1v) is 6.87. The number of thioether (sulfide) groups is 1. The fraction of sp³-hybridized carbons (Fsp3) is 0.462. The van der Waals surface area contributed by atoms with E-state index in [0.717, 1.165) is 0 Å². The number of carboxylic acid groups (broad SMARTS) is 1. The van der Waals surface area contributed by atoms with Gasteiger partial charge in [-0.05, 0) is 19.9 Å². The number of carboxylic acids is 1. The first-order chi connectivity index (χ1) is 9.24. The van der Waals surface area contributed by atoms with E-state index in [-0.39, 0.29) is 5.75 Å². The van der Waals surface area contributed by atoms with Crippen LogP contribution in [0.2, 0.25) is 0 Å². The van der Waals surface area contributed by atoms with Gasteiger partial charge in [0.15, 0.2) is 0 Å². The number of aliphatic carboxylic acids is 1. The first kappa shape index (κ1) is 16.7. The molecule has 0 aromatic heterocycles. The minimum absolute atomic E-state index is 0.0923. The monoisotopic (exact) mass is 305 g/mol. The molecule has 7 heteroatoms. The average molecular weight is 305 g/mol. The topological polar surface area (TPSA) is 72.5 Å².